The van der Waals surface area contributed by atoms with Gasteiger partial charge in [0.2, 0.25) is 0 Å². The maximum Gasteiger partial charge on any atom is 0.416 e. The standard InChI is InChI=1S/C20H19F3N6O/c21-20(22,23)13-2-1-3-14(6-13)26-18(30)27-15-7-19(8-15)10-29(11-19)17-16-9-24-12-28(16)5-4-25-17/h1-6,9,12,15H,7-8,10-11H2,(H2,26,27,30). The van der Waals surface area contributed by atoms with Gasteiger partial charge in [-0.1, -0.05) is 6.07 Å². The number of halogens is 3. The molecule has 30 heavy (non-hydrogen) atoms. The maximum absolute atomic E-state index is 12.8. The Morgan fingerprint density at radius 2 is 2.03 bits per heavy atom. The third kappa shape index (κ3) is 3.31. The van der Waals surface area contributed by atoms with E-state index < -0.39 is 17.8 Å². The Bertz CT molecular complexity index is 1100. The molecule has 1 spiro atoms. The lowest BCUT2D eigenvalue weighted by atomic mass is 9.60. The van der Waals surface area contributed by atoms with Crippen LogP contribution < -0.4 is 15.5 Å². The van der Waals surface area contributed by atoms with Gasteiger partial charge in [-0.25, -0.2) is 14.8 Å². The second-order valence-electron chi connectivity index (χ2n) is 8.08. The van der Waals surface area contributed by atoms with E-state index in [9.17, 15) is 18.0 Å². The molecule has 2 amide bonds. The Kier molecular flexibility index (Phi) is 4.12. The van der Waals surface area contributed by atoms with E-state index in [-0.39, 0.29) is 17.1 Å². The van der Waals surface area contributed by atoms with Gasteiger partial charge in [0.1, 0.15) is 5.52 Å². The van der Waals surface area contributed by atoms with Gasteiger partial charge in [-0.2, -0.15) is 13.2 Å². The highest BCUT2D eigenvalue weighted by Gasteiger charge is 2.53. The van der Waals surface area contributed by atoms with Gasteiger partial charge in [0.15, 0.2) is 5.82 Å². The van der Waals surface area contributed by atoms with Crippen LogP contribution in [0.1, 0.15) is 18.4 Å². The summed E-state index contributed by atoms with van der Waals surface area (Å²) in [6.07, 6.45) is 4.36. The molecule has 0 unspecified atom stereocenters. The highest BCUT2D eigenvalue weighted by atomic mass is 19.4. The van der Waals surface area contributed by atoms with E-state index >= 15 is 0 Å². The van der Waals surface area contributed by atoms with Gasteiger partial charge in [0, 0.05) is 42.6 Å². The lowest BCUT2D eigenvalue weighted by molar-refractivity contribution is -0.137. The minimum atomic E-state index is -4.44. The van der Waals surface area contributed by atoms with E-state index in [1.54, 1.807) is 18.7 Å². The summed E-state index contributed by atoms with van der Waals surface area (Å²) in [4.78, 5) is 23.0. The van der Waals surface area contributed by atoms with E-state index in [1.165, 1.54) is 12.1 Å². The smallest absolute Gasteiger partial charge is 0.354 e. The number of hydrogen-bond acceptors (Lipinski definition) is 4. The predicted octanol–water partition coefficient (Wildman–Crippen LogP) is 3.54. The number of fused-ring (bicyclic) bond motifs is 1. The van der Waals surface area contributed by atoms with Crippen LogP contribution in [0.25, 0.3) is 5.52 Å². The first-order chi connectivity index (χ1) is 14.3. The van der Waals surface area contributed by atoms with Crippen LogP contribution in [0.15, 0.2) is 49.2 Å². The van der Waals surface area contributed by atoms with Crippen molar-refractivity contribution >= 4 is 23.1 Å². The van der Waals surface area contributed by atoms with Crippen LogP contribution in [0.2, 0.25) is 0 Å². The van der Waals surface area contributed by atoms with Crippen LogP contribution in [-0.2, 0) is 6.18 Å². The Labute approximate surface area is 169 Å². The number of imidazole rings is 1. The molecule has 7 nitrogen and oxygen atoms in total. The number of amides is 2. The Hall–Kier alpha value is -3.30. The van der Waals surface area contributed by atoms with Gasteiger partial charge in [0.05, 0.1) is 18.1 Å². The molecule has 2 aliphatic rings. The van der Waals surface area contributed by atoms with Crippen molar-refractivity contribution in [2.45, 2.75) is 25.1 Å². The zero-order chi connectivity index (χ0) is 20.9. The second kappa shape index (κ2) is 6.61. The van der Waals surface area contributed by atoms with Crippen molar-refractivity contribution in [1.29, 1.82) is 0 Å². The highest BCUT2D eigenvalue weighted by Crippen LogP contribution is 2.49. The number of hydrogen-bond donors (Lipinski definition) is 2. The lowest BCUT2D eigenvalue weighted by Gasteiger charge is -2.59. The molecule has 156 valence electrons. The van der Waals surface area contributed by atoms with Crippen molar-refractivity contribution in [3.05, 3.63) is 54.7 Å². The van der Waals surface area contributed by atoms with Gasteiger partial charge < -0.3 is 19.9 Å². The van der Waals surface area contributed by atoms with Crippen LogP contribution in [0.5, 0.6) is 0 Å². The van der Waals surface area contributed by atoms with Crippen LogP contribution in [0.3, 0.4) is 0 Å². The van der Waals surface area contributed by atoms with Crippen molar-refractivity contribution in [1.82, 2.24) is 19.7 Å². The van der Waals surface area contributed by atoms with E-state index in [0.29, 0.717) is 0 Å². The second-order valence-corrected chi connectivity index (χ2v) is 8.08. The topological polar surface area (TPSA) is 74.6 Å². The van der Waals surface area contributed by atoms with E-state index in [2.05, 4.69) is 25.5 Å². The average Bonchev–Trinajstić information content (AvgIpc) is 3.11. The summed E-state index contributed by atoms with van der Waals surface area (Å²) in [7, 11) is 0. The molecule has 2 fully saturated rings. The SMILES string of the molecule is O=C(Nc1cccc(C(F)(F)F)c1)NC1CC2(C1)CN(c1nccn3cncc13)C2. The first kappa shape index (κ1) is 18.7. The zero-order valence-corrected chi connectivity index (χ0v) is 15.9. The van der Waals surface area contributed by atoms with Crippen LogP contribution in [-0.4, -0.2) is 39.5 Å². The monoisotopic (exact) mass is 416 g/mol. The van der Waals surface area contributed by atoms with Crippen molar-refractivity contribution in [2.24, 2.45) is 5.41 Å². The van der Waals surface area contributed by atoms with Crippen molar-refractivity contribution in [2.75, 3.05) is 23.3 Å². The highest BCUT2D eigenvalue weighted by molar-refractivity contribution is 5.89. The van der Waals surface area contributed by atoms with Crippen LogP contribution >= 0.6 is 0 Å². The quantitative estimate of drug-likeness (QED) is 0.685. The number of carbonyl (C=O) groups is 1. The van der Waals surface area contributed by atoms with Gasteiger partial charge in [-0.05, 0) is 31.0 Å². The number of nitrogens with zero attached hydrogens (tertiary/aromatic N) is 4. The van der Waals surface area contributed by atoms with Crippen molar-refractivity contribution < 1.29 is 18.0 Å². The van der Waals surface area contributed by atoms with Gasteiger partial charge in [0.25, 0.3) is 0 Å². The van der Waals surface area contributed by atoms with Crippen molar-refractivity contribution in [3.63, 3.8) is 0 Å². The average molecular weight is 416 g/mol. The Balaban J connectivity index is 1.13. The minimum Gasteiger partial charge on any atom is -0.354 e. The Morgan fingerprint density at radius 3 is 2.80 bits per heavy atom. The molecule has 0 radical (unpaired) electrons. The summed E-state index contributed by atoms with van der Waals surface area (Å²) in [5.74, 6) is 0.902. The van der Waals surface area contributed by atoms with Crippen molar-refractivity contribution in [3.8, 4) is 0 Å². The molecule has 1 aliphatic carbocycles. The van der Waals surface area contributed by atoms with Gasteiger partial charge in [-0.15, -0.1) is 0 Å². The fourth-order valence-electron chi connectivity index (χ4n) is 4.47. The summed E-state index contributed by atoms with van der Waals surface area (Å²) in [6, 6.07) is 4.13. The third-order valence-electron chi connectivity index (χ3n) is 5.81. The number of alkyl halides is 3. The van der Waals surface area contributed by atoms with E-state index in [0.717, 1.165) is 49.4 Å². The number of aromatic nitrogens is 3. The summed E-state index contributed by atoms with van der Waals surface area (Å²) in [5, 5.41) is 5.34. The number of nitrogens with one attached hydrogen (secondary N) is 2. The summed E-state index contributed by atoms with van der Waals surface area (Å²) >= 11 is 0. The molecule has 3 aromatic rings. The minimum absolute atomic E-state index is 0.0108. The zero-order valence-electron chi connectivity index (χ0n) is 15.9. The van der Waals surface area contributed by atoms with Gasteiger partial charge >= 0.3 is 12.2 Å². The molecule has 3 heterocycles. The molecule has 1 aliphatic heterocycles. The van der Waals surface area contributed by atoms with Crippen LogP contribution in [0.4, 0.5) is 29.5 Å². The molecule has 1 saturated heterocycles. The number of benzene rings is 1. The molecule has 0 atom stereocenters. The maximum atomic E-state index is 12.8. The van der Waals surface area contributed by atoms with E-state index in [4.69, 9.17) is 0 Å². The molecule has 2 aromatic heterocycles. The molecule has 5 rings (SSSR count). The first-order valence-corrected chi connectivity index (χ1v) is 9.58. The number of rotatable bonds is 3. The normalized spacial score (nSPS) is 18.2. The lowest BCUT2D eigenvalue weighted by Crippen LogP contribution is -2.67. The fourth-order valence-corrected chi connectivity index (χ4v) is 4.47. The van der Waals surface area contributed by atoms with Gasteiger partial charge in [-0.3, -0.25) is 0 Å². The number of urea groups is 1. The summed E-state index contributed by atoms with van der Waals surface area (Å²) in [6.45, 7) is 1.72. The first-order valence-electron chi connectivity index (χ1n) is 9.58. The molecule has 1 aromatic carbocycles. The van der Waals surface area contributed by atoms with Crippen LogP contribution in [0, 0.1) is 5.41 Å². The fraction of sp³-hybridized carbons (Fsp3) is 0.350. The molecular weight excluding hydrogens is 397 g/mol. The molecular formula is C20H19F3N6O. The largest absolute Gasteiger partial charge is 0.416 e. The Morgan fingerprint density at radius 1 is 1.23 bits per heavy atom. The predicted molar refractivity (Wildman–Crippen MR) is 104 cm³/mol. The third-order valence-corrected chi connectivity index (χ3v) is 5.81. The molecule has 1 saturated carbocycles. The summed E-state index contributed by atoms with van der Waals surface area (Å²) in [5.41, 5.74) is 0.440. The molecule has 10 heteroatoms. The molecule has 0 bridgehead atoms. The summed E-state index contributed by atoms with van der Waals surface area (Å²) < 4.78 is 40.3. The van der Waals surface area contributed by atoms with E-state index in [1.807, 2.05) is 10.6 Å². The number of carbonyl (C=O) groups excluding carboxylic acids is 1. The molecule has 2 N–H and O–H groups in total. The number of anilines is 2.